The van der Waals surface area contributed by atoms with E-state index in [2.05, 4.69) is 16.0 Å². The molecule has 0 bridgehead atoms. The molecule has 27 heavy (non-hydrogen) atoms. The summed E-state index contributed by atoms with van der Waals surface area (Å²) in [4.78, 5) is 23.3. The topological polar surface area (TPSA) is 116 Å². The van der Waals surface area contributed by atoms with Crippen LogP contribution in [0.4, 0.5) is 16.2 Å². The molecule has 0 aliphatic rings. The van der Waals surface area contributed by atoms with E-state index in [1.54, 1.807) is 12.1 Å². The van der Waals surface area contributed by atoms with E-state index in [9.17, 15) is 14.7 Å². The fourth-order valence-corrected chi connectivity index (χ4v) is 2.55. The quantitative estimate of drug-likeness (QED) is 0.412. The number of nitrogens with one attached hydrogen (secondary N) is 3. The third-order valence-corrected chi connectivity index (χ3v) is 4.03. The minimum absolute atomic E-state index is 0.350. The minimum Gasteiger partial charge on any atom is -0.480 e. The van der Waals surface area contributed by atoms with Crippen LogP contribution in [0, 0.1) is 0 Å². The first kappa shape index (κ1) is 20.3. The number of urea groups is 1. The van der Waals surface area contributed by atoms with Gasteiger partial charge in [-0.25, -0.2) is 9.59 Å². The van der Waals surface area contributed by atoms with Gasteiger partial charge >= 0.3 is 12.0 Å². The van der Waals surface area contributed by atoms with E-state index in [0.29, 0.717) is 31.6 Å². The highest BCUT2D eigenvalue weighted by atomic mass is 16.4. The molecule has 1 atom stereocenters. The Kier molecular flexibility index (Phi) is 8.12. The van der Waals surface area contributed by atoms with Crippen LogP contribution in [0.2, 0.25) is 0 Å². The Bertz CT molecular complexity index is 720. The highest BCUT2D eigenvalue weighted by molar-refractivity contribution is 5.92. The molecule has 2 amide bonds. The summed E-state index contributed by atoms with van der Waals surface area (Å²) in [5.41, 5.74) is 8.10. The lowest BCUT2D eigenvalue weighted by atomic mass is 10.1. The summed E-state index contributed by atoms with van der Waals surface area (Å²) in [5.74, 6) is -1.05. The maximum absolute atomic E-state index is 12.0. The van der Waals surface area contributed by atoms with Crippen LogP contribution in [0.3, 0.4) is 0 Å². The minimum atomic E-state index is -1.05. The number of carbonyl (C=O) groups excluding carboxylic acids is 1. The van der Waals surface area contributed by atoms with Gasteiger partial charge in [-0.1, -0.05) is 30.3 Å². The average molecular weight is 370 g/mol. The van der Waals surface area contributed by atoms with Crippen molar-refractivity contribution >= 4 is 23.4 Å². The van der Waals surface area contributed by atoms with Crippen molar-refractivity contribution in [2.75, 3.05) is 17.2 Å². The number of amides is 2. The normalized spacial score (nSPS) is 11.4. The average Bonchev–Trinajstić information content (AvgIpc) is 2.67. The van der Waals surface area contributed by atoms with E-state index < -0.39 is 18.0 Å². The van der Waals surface area contributed by atoms with Crippen LogP contribution in [0.15, 0.2) is 54.6 Å². The number of nitrogens with two attached hydrogens (primary N) is 1. The largest absolute Gasteiger partial charge is 0.480 e. The van der Waals surface area contributed by atoms with Gasteiger partial charge in [0.15, 0.2) is 0 Å². The number of aliphatic carboxylic acids is 1. The molecule has 0 saturated carbocycles. The summed E-state index contributed by atoms with van der Waals surface area (Å²) >= 11 is 0. The molecule has 7 heteroatoms. The van der Waals surface area contributed by atoms with Crippen LogP contribution >= 0.6 is 0 Å². The zero-order chi connectivity index (χ0) is 19.5. The zero-order valence-corrected chi connectivity index (χ0v) is 15.2. The molecule has 0 aliphatic carbocycles. The van der Waals surface area contributed by atoms with Crippen LogP contribution in [0.25, 0.3) is 0 Å². The predicted molar refractivity (Wildman–Crippen MR) is 107 cm³/mol. The van der Waals surface area contributed by atoms with Crippen molar-refractivity contribution in [2.24, 2.45) is 5.73 Å². The van der Waals surface area contributed by atoms with Gasteiger partial charge in [0.25, 0.3) is 0 Å². The number of carboxylic acids is 1. The summed E-state index contributed by atoms with van der Waals surface area (Å²) in [6.45, 7) is 1.21. The van der Waals surface area contributed by atoms with Crippen LogP contribution < -0.4 is 21.7 Å². The first-order valence-electron chi connectivity index (χ1n) is 8.96. The van der Waals surface area contributed by atoms with Gasteiger partial charge in [0.05, 0.1) is 0 Å². The van der Waals surface area contributed by atoms with E-state index in [4.69, 9.17) is 5.73 Å². The van der Waals surface area contributed by atoms with Crippen molar-refractivity contribution < 1.29 is 14.7 Å². The van der Waals surface area contributed by atoms with E-state index in [0.717, 1.165) is 12.1 Å². The molecule has 1 unspecified atom stereocenters. The highest BCUT2D eigenvalue weighted by Crippen LogP contribution is 2.14. The molecule has 0 fully saturated rings. The molecule has 2 rings (SSSR count). The fourth-order valence-electron chi connectivity index (χ4n) is 2.55. The summed E-state index contributed by atoms with van der Waals surface area (Å²) in [6, 6.07) is 15.8. The number of carbonyl (C=O) groups is 2. The second-order valence-corrected chi connectivity index (χ2v) is 6.19. The van der Waals surface area contributed by atoms with Gasteiger partial charge in [-0.05, 0) is 55.6 Å². The molecular formula is C20H26N4O3. The first-order chi connectivity index (χ1) is 13.1. The Labute approximate surface area is 159 Å². The Balaban J connectivity index is 1.82. The Morgan fingerprint density at radius 1 is 0.963 bits per heavy atom. The maximum atomic E-state index is 12.0. The van der Waals surface area contributed by atoms with Crippen LogP contribution in [0.5, 0.6) is 0 Å². The van der Waals surface area contributed by atoms with Crippen molar-refractivity contribution in [3.05, 3.63) is 60.2 Å². The SMILES string of the molecule is NCCCCC(NC(=O)Nc1ccc(NCc2ccccc2)cc1)C(=O)O. The van der Waals surface area contributed by atoms with Gasteiger partial charge in [0.1, 0.15) is 6.04 Å². The number of unbranched alkanes of at least 4 members (excludes halogenated alkanes) is 1. The molecule has 0 saturated heterocycles. The molecule has 0 radical (unpaired) electrons. The standard InChI is InChI=1S/C20H26N4O3/c21-13-5-4-8-18(19(25)26)24-20(27)23-17-11-9-16(10-12-17)22-14-15-6-2-1-3-7-15/h1-3,6-7,9-12,18,22H,4-5,8,13-14,21H2,(H,25,26)(H2,23,24,27). The third-order valence-electron chi connectivity index (χ3n) is 4.03. The molecule has 7 nitrogen and oxygen atoms in total. The van der Waals surface area contributed by atoms with Gasteiger partial charge in [-0.3, -0.25) is 0 Å². The zero-order valence-electron chi connectivity index (χ0n) is 15.2. The summed E-state index contributed by atoms with van der Waals surface area (Å²) in [6.07, 6.45) is 1.72. The number of benzene rings is 2. The molecule has 144 valence electrons. The van der Waals surface area contributed by atoms with Crippen LogP contribution in [-0.4, -0.2) is 29.7 Å². The van der Waals surface area contributed by atoms with Crippen molar-refractivity contribution in [1.29, 1.82) is 0 Å². The smallest absolute Gasteiger partial charge is 0.326 e. The molecule has 0 spiro atoms. The van der Waals surface area contributed by atoms with Gasteiger partial charge in [0.2, 0.25) is 0 Å². The van der Waals surface area contributed by atoms with Crippen molar-refractivity contribution in [3.8, 4) is 0 Å². The first-order valence-corrected chi connectivity index (χ1v) is 8.96. The number of carboxylic acid groups (broad SMARTS) is 1. The second kappa shape index (κ2) is 10.8. The molecule has 6 N–H and O–H groups in total. The summed E-state index contributed by atoms with van der Waals surface area (Å²) in [7, 11) is 0. The summed E-state index contributed by atoms with van der Waals surface area (Å²) < 4.78 is 0. The number of hydrogen-bond donors (Lipinski definition) is 5. The monoisotopic (exact) mass is 370 g/mol. The van der Waals surface area contributed by atoms with E-state index >= 15 is 0 Å². The molecule has 2 aromatic rings. The van der Waals surface area contributed by atoms with Gasteiger partial charge in [-0.15, -0.1) is 0 Å². The number of hydrogen-bond acceptors (Lipinski definition) is 4. The second-order valence-electron chi connectivity index (χ2n) is 6.19. The molecule has 0 aromatic heterocycles. The molecule has 2 aromatic carbocycles. The summed E-state index contributed by atoms with van der Waals surface area (Å²) in [5, 5.41) is 17.6. The lowest BCUT2D eigenvalue weighted by Gasteiger charge is -2.15. The maximum Gasteiger partial charge on any atom is 0.326 e. The number of anilines is 2. The van der Waals surface area contributed by atoms with Gasteiger partial charge in [0, 0.05) is 17.9 Å². The Morgan fingerprint density at radius 2 is 1.63 bits per heavy atom. The van der Waals surface area contributed by atoms with Gasteiger partial charge in [-0.2, -0.15) is 0 Å². The van der Waals surface area contributed by atoms with Gasteiger partial charge < -0.3 is 26.8 Å². The van der Waals surface area contributed by atoms with E-state index in [1.807, 2.05) is 42.5 Å². The lowest BCUT2D eigenvalue weighted by molar-refractivity contribution is -0.139. The predicted octanol–water partition coefficient (Wildman–Crippen LogP) is 3.00. The van der Waals surface area contributed by atoms with Crippen molar-refractivity contribution in [2.45, 2.75) is 31.8 Å². The van der Waals surface area contributed by atoms with E-state index in [1.165, 1.54) is 5.56 Å². The Morgan fingerprint density at radius 3 is 2.26 bits per heavy atom. The fraction of sp³-hybridized carbons (Fsp3) is 0.300. The van der Waals surface area contributed by atoms with E-state index in [-0.39, 0.29) is 0 Å². The molecule has 0 aliphatic heterocycles. The highest BCUT2D eigenvalue weighted by Gasteiger charge is 2.19. The van der Waals surface area contributed by atoms with Crippen molar-refractivity contribution in [1.82, 2.24) is 5.32 Å². The molecular weight excluding hydrogens is 344 g/mol. The lowest BCUT2D eigenvalue weighted by Crippen LogP contribution is -2.43. The van der Waals surface area contributed by atoms with Crippen LogP contribution in [0.1, 0.15) is 24.8 Å². The Hall–Kier alpha value is -3.06. The third kappa shape index (κ3) is 7.37. The molecule has 0 heterocycles. The van der Waals surface area contributed by atoms with Crippen LogP contribution in [-0.2, 0) is 11.3 Å². The number of rotatable bonds is 10. The van der Waals surface area contributed by atoms with Crippen molar-refractivity contribution in [3.63, 3.8) is 0 Å².